The molecule has 2 aliphatic rings. The van der Waals surface area contributed by atoms with Gasteiger partial charge in [0.1, 0.15) is 0 Å². The van der Waals surface area contributed by atoms with Gasteiger partial charge in [0, 0.05) is 5.54 Å². The lowest BCUT2D eigenvalue weighted by atomic mass is 9.87. The highest BCUT2D eigenvalue weighted by molar-refractivity contribution is 5.12. The van der Waals surface area contributed by atoms with Crippen molar-refractivity contribution in [3.8, 4) is 0 Å². The fourth-order valence-electron chi connectivity index (χ4n) is 2.32. The third kappa shape index (κ3) is 0.586. The van der Waals surface area contributed by atoms with Crippen molar-refractivity contribution in [1.82, 2.24) is 0 Å². The molecule has 9 heavy (non-hydrogen) atoms. The van der Waals surface area contributed by atoms with Crippen molar-refractivity contribution in [1.29, 1.82) is 0 Å². The first-order chi connectivity index (χ1) is 4.16. The minimum atomic E-state index is 0.201. The normalized spacial score (nSPS) is 46.0. The summed E-state index contributed by atoms with van der Waals surface area (Å²) in [6.07, 6.45) is 6.83. The Kier molecular flexibility index (Phi) is 0.852. The summed E-state index contributed by atoms with van der Waals surface area (Å²) in [7, 11) is 0. The first kappa shape index (κ1) is 5.72. The van der Waals surface area contributed by atoms with Crippen LogP contribution in [0.2, 0.25) is 0 Å². The molecule has 2 fully saturated rings. The summed E-state index contributed by atoms with van der Waals surface area (Å²) in [6, 6.07) is 0. The van der Waals surface area contributed by atoms with Gasteiger partial charge in [-0.05, 0) is 38.0 Å². The number of hydrogen-bond acceptors (Lipinski definition) is 1. The summed E-state index contributed by atoms with van der Waals surface area (Å²) in [5, 5.41) is 0. The van der Waals surface area contributed by atoms with Crippen LogP contribution in [0.4, 0.5) is 0 Å². The van der Waals surface area contributed by atoms with E-state index in [1.54, 1.807) is 0 Å². The molecule has 0 heterocycles. The van der Waals surface area contributed by atoms with E-state index in [0.717, 1.165) is 0 Å². The van der Waals surface area contributed by atoms with Gasteiger partial charge in [0.05, 0.1) is 0 Å². The van der Waals surface area contributed by atoms with E-state index in [4.69, 9.17) is 5.73 Å². The van der Waals surface area contributed by atoms with E-state index in [1.165, 1.54) is 32.1 Å². The third-order valence-corrected chi connectivity index (χ3v) is 3.42. The summed E-state index contributed by atoms with van der Waals surface area (Å²) in [6.45, 7) is 2.23. The fourth-order valence-corrected chi connectivity index (χ4v) is 2.32. The lowest BCUT2D eigenvalue weighted by Gasteiger charge is -2.26. The van der Waals surface area contributed by atoms with Crippen LogP contribution in [-0.2, 0) is 0 Å². The van der Waals surface area contributed by atoms with Crippen molar-refractivity contribution in [3.05, 3.63) is 0 Å². The second-order valence-electron chi connectivity index (χ2n) is 4.05. The SMILES string of the molecule is C[C@]1(N)CCCC12CC2. The molecule has 0 bridgehead atoms. The quantitative estimate of drug-likeness (QED) is 0.523. The first-order valence-corrected chi connectivity index (χ1v) is 3.95. The molecule has 0 radical (unpaired) electrons. The van der Waals surface area contributed by atoms with Gasteiger partial charge in [-0.15, -0.1) is 0 Å². The highest BCUT2D eigenvalue weighted by Gasteiger charge is 2.57. The summed E-state index contributed by atoms with van der Waals surface area (Å²) >= 11 is 0. The number of rotatable bonds is 0. The molecule has 2 rings (SSSR count). The summed E-state index contributed by atoms with van der Waals surface area (Å²) in [5.74, 6) is 0. The topological polar surface area (TPSA) is 26.0 Å². The van der Waals surface area contributed by atoms with Gasteiger partial charge < -0.3 is 5.73 Å². The van der Waals surface area contributed by atoms with Crippen LogP contribution >= 0.6 is 0 Å². The average Bonchev–Trinajstić information content (AvgIpc) is 2.41. The van der Waals surface area contributed by atoms with Crippen LogP contribution in [-0.4, -0.2) is 5.54 Å². The molecule has 0 amide bonds. The predicted octanol–water partition coefficient (Wildman–Crippen LogP) is 1.67. The molecule has 1 atom stereocenters. The molecule has 1 heteroatoms. The Morgan fingerprint density at radius 2 is 1.78 bits per heavy atom. The number of nitrogens with two attached hydrogens (primary N) is 1. The molecule has 0 unspecified atom stereocenters. The van der Waals surface area contributed by atoms with Crippen molar-refractivity contribution in [2.45, 2.75) is 44.6 Å². The van der Waals surface area contributed by atoms with Gasteiger partial charge in [0.2, 0.25) is 0 Å². The van der Waals surface area contributed by atoms with Crippen molar-refractivity contribution in [3.63, 3.8) is 0 Å². The maximum atomic E-state index is 6.12. The Balaban J connectivity index is 2.23. The fraction of sp³-hybridized carbons (Fsp3) is 1.00. The molecule has 0 aliphatic heterocycles. The summed E-state index contributed by atoms with van der Waals surface area (Å²) < 4.78 is 0. The van der Waals surface area contributed by atoms with Crippen LogP contribution in [0.3, 0.4) is 0 Å². The molecule has 2 saturated carbocycles. The van der Waals surface area contributed by atoms with Gasteiger partial charge in [0.15, 0.2) is 0 Å². The molecule has 0 saturated heterocycles. The van der Waals surface area contributed by atoms with Crippen LogP contribution in [0.15, 0.2) is 0 Å². The van der Waals surface area contributed by atoms with E-state index < -0.39 is 0 Å². The molecule has 0 aromatic heterocycles. The monoisotopic (exact) mass is 125 g/mol. The molecule has 1 spiro atoms. The van der Waals surface area contributed by atoms with Crippen LogP contribution < -0.4 is 5.73 Å². The Morgan fingerprint density at radius 1 is 1.11 bits per heavy atom. The maximum Gasteiger partial charge on any atom is 0.0182 e. The van der Waals surface area contributed by atoms with Gasteiger partial charge in [0.25, 0.3) is 0 Å². The zero-order valence-corrected chi connectivity index (χ0v) is 6.11. The lowest BCUT2D eigenvalue weighted by Crippen LogP contribution is -2.41. The molecule has 2 aliphatic carbocycles. The zero-order chi connectivity index (χ0) is 6.54. The van der Waals surface area contributed by atoms with Crippen molar-refractivity contribution < 1.29 is 0 Å². The molecule has 2 N–H and O–H groups in total. The predicted molar refractivity (Wildman–Crippen MR) is 38.1 cm³/mol. The van der Waals surface area contributed by atoms with Gasteiger partial charge in [-0.25, -0.2) is 0 Å². The van der Waals surface area contributed by atoms with Crippen LogP contribution in [0.5, 0.6) is 0 Å². The largest absolute Gasteiger partial charge is 0.325 e. The van der Waals surface area contributed by atoms with E-state index in [9.17, 15) is 0 Å². The number of hydrogen-bond donors (Lipinski definition) is 1. The Bertz CT molecular complexity index is 130. The molecule has 52 valence electrons. The van der Waals surface area contributed by atoms with E-state index >= 15 is 0 Å². The first-order valence-electron chi connectivity index (χ1n) is 3.95. The molecule has 0 aromatic carbocycles. The van der Waals surface area contributed by atoms with Crippen molar-refractivity contribution in [2.24, 2.45) is 11.1 Å². The van der Waals surface area contributed by atoms with Crippen LogP contribution in [0.1, 0.15) is 39.0 Å². The van der Waals surface area contributed by atoms with Gasteiger partial charge >= 0.3 is 0 Å². The van der Waals surface area contributed by atoms with Crippen molar-refractivity contribution >= 4 is 0 Å². The second-order valence-corrected chi connectivity index (χ2v) is 4.05. The van der Waals surface area contributed by atoms with E-state index in [2.05, 4.69) is 6.92 Å². The lowest BCUT2D eigenvalue weighted by molar-refractivity contribution is 0.323. The van der Waals surface area contributed by atoms with Crippen LogP contribution in [0.25, 0.3) is 0 Å². The smallest absolute Gasteiger partial charge is 0.0182 e. The third-order valence-electron chi connectivity index (χ3n) is 3.42. The van der Waals surface area contributed by atoms with Crippen molar-refractivity contribution in [2.75, 3.05) is 0 Å². The van der Waals surface area contributed by atoms with E-state index in [0.29, 0.717) is 5.41 Å². The van der Waals surface area contributed by atoms with Gasteiger partial charge in [-0.1, -0.05) is 6.42 Å². The summed E-state index contributed by atoms with van der Waals surface area (Å²) in [5.41, 5.74) is 6.94. The Morgan fingerprint density at radius 3 is 2.00 bits per heavy atom. The highest BCUT2D eigenvalue weighted by Crippen LogP contribution is 2.61. The minimum Gasteiger partial charge on any atom is -0.325 e. The van der Waals surface area contributed by atoms with E-state index in [-0.39, 0.29) is 5.54 Å². The van der Waals surface area contributed by atoms with Crippen LogP contribution in [0, 0.1) is 5.41 Å². The average molecular weight is 125 g/mol. The standard InChI is InChI=1S/C8H15N/c1-7(9)3-2-4-8(7)5-6-8/h2-6,9H2,1H3/t7-/m0/s1. The second kappa shape index (κ2) is 1.34. The van der Waals surface area contributed by atoms with Gasteiger partial charge in [-0.2, -0.15) is 0 Å². The Hall–Kier alpha value is -0.0400. The summed E-state index contributed by atoms with van der Waals surface area (Å²) in [4.78, 5) is 0. The van der Waals surface area contributed by atoms with E-state index in [1.807, 2.05) is 0 Å². The zero-order valence-electron chi connectivity index (χ0n) is 6.11. The molecule has 1 nitrogen and oxygen atoms in total. The molecular weight excluding hydrogens is 110 g/mol. The van der Waals surface area contributed by atoms with Gasteiger partial charge in [-0.3, -0.25) is 0 Å². The maximum absolute atomic E-state index is 6.12. The molecule has 0 aromatic rings. The molecular formula is C8H15N. The minimum absolute atomic E-state index is 0.201. The highest BCUT2D eigenvalue weighted by atomic mass is 14.8. The Labute approximate surface area is 56.6 Å².